The first-order valence-corrected chi connectivity index (χ1v) is 27.1. The Kier molecular flexibility index (Phi) is 10.0. The number of aromatic nitrogens is 3. The van der Waals surface area contributed by atoms with Crippen LogP contribution in [0.5, 0.6) is 0 Å². The molecular formula is C75H42N6. The predicted octanol–water partition coefficient (Wildman–Crippen LogP) is 19.1. The molecule has 0 atom stereocenters. The van der Waals surface area contributed by atoms with Gasteiger partial charge in [-0.1, -0.05) is 200 Å². The fourth-order valence-corrected chi connectivity index (χ4v) is 13.2. The Labute approximate surface area is 464 Å². The Morgan fingerprint density at radius 1 is 0.222 bits per heavy atom. The largest absolute Gasteiger partial charge is 0.306 e. The van der Waals surface area contributed by atoms with E-state index in [2.05, 4.69) is 268 Å². The minimum Gasteiger partial charge on any atom is -0.306 e. The van der Waals surface area contributed by atoms with Gasteiger partial charge in [-0.15, -0.1) is 0 Å². The van der Waals surface area contributed by atoms with Gasteiger partial charge in [-0.25, -0.2) is 0 Å². The average molecular weight is 1030 g/mol. The van der Waals surface area contributed by atoms with Crippen LogP contribution in [-0.4, -0.2) is 13.7 Å². The summed E-state index contributed by atoms with van der Waals surface area (Å²) < 4.78 is 6.39. The second-order valence-corrected chi connectivity index (χ2v) is 20.8. The van der Waals surface area contributed by atoms with Crippen molar-refractivity contribution in [1.29, 1.82) is 15.8 Å². The average Bonchev–Trinajstić information content (AvgIpc) is 4.36. The van der Waals surface area contributed by atoms with Gasteiger partial charge in [0, 0.05) is 32.3 Å². The van der Waals surface area contributed by atoms with E-state index in [9.17, 15) is 15.8 Å². The summed E-state index contributed by atoms with van der Waals surface area (Å²) in [4.78, 5) is 0. The Bertz CT molecular complexity index is 4920. The zero-order chi connectivity index (χ0) is 53.9. The Morgan fingerprint density at radius 2 is 0.481 bits per heavy atom. The second-order valence-electron chi connectivity index (χ2n) is 20.8. The van der Waals surface area contributed by atoms with Crippen molar-refractivity contribution in [2.45, 2.75) is 0 Å². The van der Waals surface area contributed by atoms with Gasteiger partial charge in [0.1, 0.15) is 34.9 Å². The molecule has 0 fully saturated rings. The Balaban J connectivity index is 1.14. The van der Waals surface area contributed by atoms with E-state index in [-0.39, 0.29) is 16.7 Å². The van der Waals surface area contributed by atoms with Crippen LogP contribution in [0.3, 0.4) is 0 Å². The predicted molar refractivity (Wildman–Crippen MR) is 332 cm³/mol. The van der Waals surface area contributed by atoms with Gasteiger partial charge in [-0.3, -0.25) is 0 Å². The van der Waals surface area contributed by atoms with Crippen molar-refractivity contribution < 1.29 is 0 Å². The molecule has 6 nitrogen and oxygen atoms in total. The summed E-state index contributed by atoms with van der Waals surface area (Å²) in [6.45, 7) is 0. The fourth-order valence-electron chi connectivity index (χ4n) is 13.2. The first-order chi connectivity index (χ1) is 40.1. The van der Waals surface area contributed by atoms with Gasteiger partial charge in [-0.2, -0.15) is 15.8 Å². The van der Waals surface area contributed by atoms with Crippen LogP contribution < -0.4 is 0 Å². The van der Waals surface area contributed by atoms with Gasteiger partial charge in [-0.05, 0) is 120 Å². The minimum absolute atomic E-state index is 0.197. The molecule has 0 bridgehead atoms. The fraction of sp³-hybridized carbons (Fsp3) is 0. The van der Waals surface area contributed by atoms with E-state index in [1.165, 1.54) is 0 Å². The molecule has 372 valence electrons. The summed E-state index contributed by atoms with van der Waals surface area (Å²) in [5.74, 6) is 0. The van der Waals surface area contributed by atoms with Gasteiger partial charge in [0.2, 0.25) is 0 Å². The molecule has 0 spiro atoms. The van der Waals surface area contributed by atoms with Crippen LogP contribution in [0.2, 0.25) is 0 Å². The van der Waals surface area contributed by atoms with Crippen molar-refractivity contribution in [3.8, 4) is 68.7 Å². The van der Waals surface area contributed by atoms with Crippen molar-refractivity contribution in [1.82, 2.24) is 13.7 Å². The van der Waals surface area contributed by atoms with Crippen molar-refractivity contribution >= 4 is 97.7 Å². The lowest BCUT2D eigenvalue weighted by Crippen LogP contribution is -2.14. The number of rotatable bonds is 6. The zero-order valence-electron chi connectivity index (χ0n) is 43.4. The molecule has 0 N–H and O–H groups in total. The van der Waals surface area contributed by atoms with Crippen LogP contribution in [0, 0.1) is 34.0 Å². The third-order valence-electron chi connectivity index (χ3n) is 16.7. The number of hydrogen-bond acceptors (Lipinski definition) is 3. The lowest BCUT2D eigenvalue weighted by molar-refractivity contribution is 1.06. The van der Waals surface area contributed by atoms with Crippen LogP contribution in [-0.2, 0) is 0 Å². The SMILES string of the molecule is N#Cc1c(-n2c3ccc(-c4ccccc4)cc3c3c4ccccc4ccc32)c(C#N)c(-n2c3ccc(-c4ccccc4)cc3c3c4ccccc4ccc32)c(C#N)c1-n1c2ccc(-c3ccccc3)cc2c2c3ccccc3ccc21. The molecule has 0 saturated carbocycles. The molecule has 0 amide bonds. The van der Waals surface area contributed by atoms with Gasteiger partial charge in [0.25, 0.3) is 0 Å². The highest BCUT2D eigenvalue weighted by molar-refractivity contribution is 6.25. The molecule has 0 aliphatic carbocycles. The first kappa shape index (κ1) is 45.7. The van der Waals surface area contributed by atoms with Crippen LogP contribution in [0.25, 0.3) is 148 Å². The quantitative estimate of drug-likeness (QED) is 0.166. The van der Waals surface area contributed by atoms with Gasteiger partial charge in [0.15, 0.2) is 0 Å². The summed E-state index contributed by atoms with van der Waals surface area (Å²) in [7, 11) is 0. The lowest BCUT2D eigenvalue weighted by Gasteiger charge is -2.23. The van der Waals surface area contributed by atoms with E-state index in [0.717, 1.165) is 131 Å². The third-order valence-corrected chi connectivity index (χ3v) is 16.7. The molecule has 16 aromatic rings. The molecule has 3 heterocycles. The number of fused-ring (bicyclic) bond motifs is 15. The minimum atomic E-state index is 0.197. The van der Waals surface area contributed by atoms with Crippen LogP contribution in [0.1, 0.15) is 16.7 Å². The van der Waals surface area contributed by atoms with Crippen molar-refractivity contribution in [2.24, 2.45) is 0 Å². The van der Waals surface area contributed by atoms with Crippen molar-refractivity contribution in [2.75, 3.05) is 0 Å². The molecule has 0 aliphatic heterocycles. The van der Waals surface area contributed by atoms with Crippen LogP contribution >= 0.6 is 0 Å². The van der Waals surface area contributed by atoms with Gasteiger partial charge < -0.3 is 13.7 Å². The zero-order valence-corrected chi connectivity index (χ0v) is 43.4. The van der Waals surface area contributed by atoms with Gasteiger partial charge >= 0.3 is 0 Å². The summed E-state index contributed by atoms with van der Waals surface area (Å²) in [5, 5.41) is 49.3. The Hall–Kier alpha value is -11.5. The van der Waals surface area contributed by atoms with E-state index in [4.69, 9.17) is 0 Å². The molecule has 13 aromatic carbocycles. The maximum absolute atomic E-state index is 12.4. The van der Waals surface area contributed by atoms with Gasteiger partial charge in [0.05, 0.1) is 50.2 Å². The smallest absolute Gasteiger partial charge is 0.104 e. The number of hydrogen-bond donors (Lipinski definition) is 0. The van der Waals surface area contributed by atoms with E-state index in [1.54, 1.807) is 0 Å². The highest BCUT2D eigenvalue weighted by Crippen LogP contribution is 2.49. The summed E-state index contributed by atoms with van der Waals surface area (Å²) in [6, 6.07) is 96.8. The molecule has 81 heavy (non-hydrogen) atoms. The number of benzene rings is 13. The van der Waals surface area contributed by atoms with Crippen molar-refractivity contribution in [3.05, 3.63) is 271 Å². The Morgan fingerprint density at radius 3 is 0.765 bits per heavy atom. The number of nitriles is 3. The topological polar surface area (TPSA) is 86.2 Å². The monoisotopic (exact) mass is 1030 g/mol. The summed E-state index contributed by atoms with van der Waals surface area (Å²) in [5.41, 5.74) is 13.0. The van der Waals surface area contributed by atoms with Crippen molar-refractivity contribution in [3.63, 3.8) is 0 Å². The molecule has 6 heteroatoms. The number of nitrogens with zero attached hydrogens (tertiary/aromatic N) is 6. The van der Waals surface area contributed by atoms with Crippen LogP contribution in [0.15, 0.2) is 255 Å². The highest BCUT2D eigenvalue weighted by atomic mass is 15.1. The second kappa shape index (κ2) is 17.8. The highest BCUT2D eigenvalue weighted by Gasteiger charge is 2.33. The normalized spacial score (nSPS) is 11.7. The molecular weight excluding hydrogens is 985 g/mol. The summed E-state index contributed by atoms with van der Waals surface area (Å²) in [6.07, 6.45) is 0. The lowest BCUT2D eigenvalue weighted by atomic mass is 9.96. The standard InChI is InChI=1S/C75H42N6/c76-43-61-73(79-64-34-31-52(46-16-4-1-5-17-46)40-58(64)70-55-25-13-10-22-49(55)28-37-67(70)79)62(44-77)75(81-66-36-33-54(48-20-8-3-9-21-48)42-60(66)72-57-27-15-12-24-51(57)30-39-69(72)81)63(45-78)74(61)80-65-35-32-53(47-18-6-2-7-19-47)41-59(65)71-56-26-14-11-23-50(56)29-38-68(71)80/h1-42H. The molecule has 0 unspecified atom stereocenters. The van der Waals surface area contributed by atoms with Crippen LogP contribution in [0.4, 0.5) is 0 Å². The van der Waals surface area contributed by atoms with E-state index < -0.39 is 0 Å². The molecule has 3 aromatic heterocycles. The third kappa shape index (κ3) is 6.65. The molecule has 0 radical (unpaired) electrons. The maximum Gasteiger partial charge on any atom is 0.104 e. The van der Waals surface area contributed by atoms with E-state index in [1.807, 2.05) is 18.2 Å². The molecule has 0 aliphatic rings. The maximum atomic E-state index is 12.4. The van der Waals surface area contributed by atoms with E-state index >= 15 is 0 Å². The summed E-state index contributed by atoms with van der Waals surface area (Å²) >= 11 is 0. The molecule has 0 saturated heterocycles. The molecule has 16 rings (SSSR count). The van der Waals surface area contributed by atoms with E-state index in [0.29, 0.717) is 17.1 Å². The first-order valence-electron chi connectivity index (χ1n) is 27.1.